The van der Waals surface area contributed by atoms with Crippen LogP contribution in [0.25, 0.3) is 0 Å². The Labute approximate surface area is 254 Å². The predicted molar refractivity (Wildman–Crippen MR) is 167 cm³/mol. The third-order valence-electron chi connectivity index (χ3n) is 7.44. The van der Waals surface area contributed by atoms with Crippen LogP contribution >= 0.6 is 23.7 Å². The molecule has 1 aliphatic rings. The molecular formula is C31H38ClN3O4S2. The van der Waals surface area contributed by atoms with Crippen LogP contribution in [0.15, 0.2) is 82.4 Å². The predicted octanol–water partition coefficient (Wildman–Crippen LogP) is 5.70. The van der Waals surface area contributed by atoms with Gasteiger partial charge in [-0.05, 0) is 71.8 Å². The molecule has 1 aliphatic heterocycles. The van der Waals surface area contributed by atoms with Gasteiger partial charge in [0.2, 0.25) is 10.0 Å². The molecular weight excluding hydrogens is 578 g/mol. The zero-order valence-corrected chi connectivity index (χ0v) is 25.8. The number of ether oxygens (including phenoxy) is 1. The number of likely N-dealkylation sites (tertiary alicyclic amines) is 1. The molecule has 41 heavy (non-hydrogen) atoms. The van der Waals surface area contributed by atoms with Crippen LogP contribution in [-0.2, 0) is 21.4 Å². The lowest BCUT2D eigenvalue weighted by Crippen LogP contribution is -2.48. The summed E-state index contributed by atoms with van der Waals surface area (Å²) in [6.07, 6.45) is 7.68. The summed E-state index contributed by atoms with van der Waals surface area (Å²) < 4.78 is 33.3. The highest BCUT2D eigenvalue weighted by Gasteiger charge is 2.30. The van der Waals surface area contributed by atoms with Crippen molar-refractivity contribution < 1.29 is 17.9 Å². The molecule has 220 valence electrons. The second-order valence-electron chi connectivity index (χ2n) is 10.1. The second kappa shape index (κ2) is 15.9. The largest absolute Gasteiger partial charge is 0.445 e. The Morgan fingerprint density at radius 1 is 1.10 bits per heavy atom. The van der Waals surface area contributed by atoms with Gasteiger partial charge in [-0.2, -0.15) is 11.3 Å². The van der Waals surface area contributed by atoms with Gasteiger partial charge in [0.05, 0.1) is 11.4 Å². The molecule has 2 heterocycles. The van der Waals surface area contributed by atoms with Gasteiger partial charge >= 0.3 is 6.09 Å². The number of benzene rings is 2. The van der Waals surface area contributed by atoms with E-state index in [9.17, 15) is 13.2 Å². The van der Waals surface area contributed by atoms with Crippen LogP contribution in [0.2, 0.25) is 0 Å². The maximum atomic E-state index is 13.1. The van der Waals surface area contributed by atoms with Crippen molar-refractivity contribution in [2.45, 2.75) is 42.7 Å². The summed E-state index contributed by atoms with van der Waals surface area (Å²) in [4.78, 5) is 17.2. The van der Waals surface area contributed by atoms with Crippen LogP contribution in [0.4, 0.5) is 4.79 Å². The second-order valence-corrected chi connectivity index (χ2v) is 12.9. The van der Waals surface area contributed by atoms with Crippen molar-refractivity contribution in [2.75, 3.05) is 39.8 Å². The zero-order valence-electron chi connectivity index (χ0n) is 23.3. The summed E-state index contributed by atoms with van der Waals surface area (Å²) in [5.41, 5.74) is 2.10. The number of sulfonamides is 1. The van der Waals surface area contributed by atoms with Crippen LogP contribution < -0.4 is 0 Å². The third-order valence-corrected chi connectivity index (χ3v) is 9.98. The molecule has 1 fully saturated rings. The fourth-order valence-corrected chi connectivity index (χ4v) is 7.07. The highest BCUT2D eigenvalue weighted by molar-refractivity contribution is 7.89. The molecule has 1 saturated heterocycles. The highest BCUT2D eigenvalue weighted by atomic mass is 35.5. The number of likely N-dealkylation sites (N-methyl/N-ethyl adjacent to an activating group) is 1. The van der Waals surface area contributed by atoms with Gasteiger partial charge in [0.15, 0.2) is 0 Å². The van der Waals surface area contributed by atoms with Crippen LogP contribution in [-0.4, -0.2) is 74.4 Å². The first-order valence-electron chi connectivity index (χ1n) is 13.5. The van der Waals surface area contributed by atoms with E-state index in [0.717, 1.165) is 50.0 Å². The number of carbonyl (C=O) groups is 1. The Hall–Kier alpha value is -2.87. The van der Waals surface area contributed by atoms with Crippen LogP contribution in [0.5, 0.6) is 0 Å². The maximum absolute atomic E-state index is 13.1. The van der Waals surface area contributed by atoms with Gasteiger partial charge in [-0.15, -0.1) is 18.8 Å². The quantitative estimate of drug-likeness (QED) is 0.245. The number of hydrogen-bond acceptors (Lipinski definition) is 6. The normalized spacial score (nSPS) is 15.0. The topological polar surface area (TPSA) is 70.2 Å². The van der Waals surface area contributed by atoms with Crippen molar-refractivity contribution in [2.24, 2.45) is 0 Å². The number of nitrogens with zero attached hydrogens (tertiary/aromatic N) is 3. The number of terminal acetylenes is 1. The zero-order chi connectivity index (χ0) is 28.4. The smallest absolute Gasteiger partial charge is 0.411 e. The summed E-state index contributed by atoms with van der Waals surface area (Å²) in [6.45, 7) is 3.38. The van der Waals surface area contributed by atoms with E-state index in [2.05, 4.69) is 22.3 Å². The van der Waals surface area contributed by atoms with E-state index in [4.69, 9.17) is 11.2 Å². The number of rotatable bonds is 12. The Kier molecular flexibility index (Phi) is 12.7. The molecule has 0 N–H and O–H groups in total. The Morgan fingerprint density at radius 2 is 1.76 bits per heavy atom. The average molecular weight is 616 g/mol. The van der Waals surface area contributed by atoms with Crippen molar-refractivity contribution in [3.05, 3.63) is 88.6 Å². The minimum Gasteiger partial charge on any atom is -0.445 e. The fourth-order valence-electron chi connectivity index (χ4n) is 5.09. The Morgan fingerprint density at radius 3 is 2.37 bits per heavy atom. The summed E-state index contributed by atoms with van der Waals surface area (Å²) >= 11 is 1.63. The van der Waals surface area contributed by atoms with E-state index in [0.29, 0.717) is 11.4 Å². The molecule has 7 nitrogen and oxygen atoms in total. The van der Waals surface area contributed by atoms with Crippen LogP contribution in [0, 0.1) is 12.3 Å². The molecule has 0 radical (unpaired) electrons. The van der Waals surface area contributed by atoms with E-state index in [1.807, 2.05) is 41.8 Å². The summed E-state index contributed by atoms with van der Waals surface area (Å²) in [6, 6.07) is 20.3. The van der Waals surface area contributed by atoms with E-state index < -0.39 is 10.0 Å². The minimum absolute atomic E-state index is 0. The first kappa shape index (κ1) is 32.6. The Bertz CT molecular complexity index is 1340. The number of thiophene rings is 1. The molecule has 1 atom stereocenters. The first-order chi connectivity index (χ1) is 19.4. The number of amides is 1. The summed E-state index contributed by atoms with van der Waals surface area (Å²) in [5, 5.41) is 4.15. The van der Waals surface area contributed by atoms with Crippen molar-refractivity contribution in [1.29, 1.82) is 0 Å². The monoisotopic (exact) mass is 615 g/mol. The minimum atomic E-state index is -3.56. The van der Waals surface area contributed by atoms with Gasteiger partial charge < -0.3 is 9.64 Å². The van der Waals surface area contributed by atoms with Crippen molar-refractivity contribution in [3.63, 3.8) is 0 Å². The highest BCUT2D eigenvalue weighted by Crippen LogP contribution is 2.27. The molecule has 0 bridgehead atoms. The lowest BCUT2D eigenvalue weighted by molar-refractivity contribution is 0.0663. The van der Waals surface area contributed by atoms with Gasteiger partial charge in [0.1, 0.15) is 6.61 Å². The van der Waals surface area contributed by atoms with Crippen LogP contribution in [0.3, 0.4) is 0 Å². The van der Waals surface area contributed by atoms with E-state index >= 15 is 0 Å². The van der Waals surface area contributed by atoms with Crippen molar-refractivity contribution in [3.8, 4) is 12.3 Å². The van der Waals surface area contributed by atoms with E-state index in [1.165, 1.54) is 4.31 Å². The number of piperidine rings is 1. The van der Waals surface area contributed by atoms with Crippen molar-refractivity contribution in [1.82, 2.24) is 14.1 Å². The molecule has 4 rings (SSSR count). The van der Waals surface area contributed by atoms with Crippen molar-refractivity contribution >= 4 is 39.9 Å². The lowest BCUT2D eigenvalue weighted by atomic mass is 9.97. The van der Waals surface area contributed by atoms with Gasteiger partial charge in [0.25, 0.3) is 0 Å². The van der Waals surface area contributed by atoms with Gasteiger partial charge in [0, 0.05) is 32.7 Å². The molecule has 0 unspecified atom stereocenters. The van der Waals surface area contributed by atoms with Gasteiger partial charge in [-0.3, -0.25) is 4.90 Å². The summed E-state index contributed by atoms with van der Waals surface area (Å²) in [5.74, 6) is 2.69. The van der Waals surface area contributed by atoms with E-state index in [1.54, 1.807) is 47.5 Å². The lowest BCUT2D eigenvalue weighted by Gasteiger charge is -2.37. The molecule has 0 aliphatic carbocycles. The maximum Gasteiger partial charge on any atom is 0.411 e. The molecule has 1 amide bonds. The van der Waals surface area contributed by atoms with E-state index in [-0.39, 0.29) is 43.6 Å². The Balaban J connectivity index is 0.00000462. The SMILES string of the molecule is C#CCN(C(=O)OCc1ccccc1)C1CCN(CC[C@@H](CN(C)S(=O)(=O)c2ccccc2)c2ccsc2)CC1.Cl. The molecule has 10 heteroatoms. The molecule has 2 aromatic carbocycles. The molecule has 1 aromatic heterocycles. The number of halogens is 1. The fraction of sp³-hybridized carbons (Fsp3) is 0.387. The van der Waals surface area contributed by atoms with Crippen LogP contribution in [0.1, 0.15) is 36.3 Å². The summed E-state index contributed by atoms with van der Waals surface area (Å²) in [7, 11) is -1.91. The molecule has 3 aromatic rings. The number of hydrogen-bond donors (Lipinski definition) is 0. The number of carbonyl (C=O) groups excluding carboxylic acids is 1. The molecule has 0 saturated carbocycles. The van der Waals surface area contributed by atoms with Gasteiger partial charge in [-0.25, -0.2) is 17.5 Å². The third kappa shape index (κ3) is 9.06. The average Bonchev–Trinajstić information content (AvgIpc) is 3.53. The molecule has 0 spiro atoms. The first-order valence-corrected chi connectivity index (χ1v) is 15.9. The van der Waals surface area contributed by atoms with Gasteiger partial charge in [-0.1, -0.05) is 54.5 Å². The standard InChI is InChI=1S/C31H37N3O4S2.ClH/c1-3-18-34(31(35)38-24-26-10-6-4-7-11-26)29-15-20-33(21-16-29)19-14-27(28-17-22-39-25-28)23-32(2)40(36,37)30-12-8-5-9-13-30;/h1,4-13,17,22,25,27,29H,14-16,18-21,23-24H2,2H3;1H/t27-;/m0./s1.